The molecule has 78 valence electrons. The second kappa shape index (κ2) is 3.79. The smallest absolute Gasteiger partial charge is 0.251 e. The minimum atomic E-state index is -1.37. The van der Waals surface area contributed by atoms with E-state index < -0.39 is 11.5 Å². The minimum absolute atomic E-state index is 0.191. The highest BCUT2D eigenvalue weighted by Gasteiger charge is 2.23. The van der Waals surface area contributed by atoms with Gasteiger partial charge in [-0.15, -0.1) is 0 Å². The molecular weight excluding hydrogens is 184 g/mol. The summed E-state index contributed by atoms with van der Waals surface area (Å²) >= 11 is 0. The molecule has 0 fully saturated rings. The lowest BCUT2D eigenvalue weighted by molar-refractivity contribution is -0.136. The molecule has 0 bridgehead atoms. The zero-order valence-corrected chi connectivity index (χ0v) is 8.50. The van der Waals surface area contributed by atoms with Crippen molar-refractivity contribution in [3.63, 3.8) is 0 Å². The van der Waals surface area contributed by atoms with E-state index in [0.29, 0.717) is 11.7 Å². The Balaban J connectivity index is 2.46. The van der Waals surface area contributed by atoms with Crippen LogP contribution in [-0.4, -0.2) is 21.6 Å². The molecule has 1 aromatic heterocycles. The number of oxazole rings is 1. The summed E-state index contributed by atoms with van der Waals surface area (Å²) in [6.07, 6.45) is 1.57. The van der Waals surface area contributed by atoms with Crippen LogP contribution >= 0.6 is 0 Å². The molecule has 5 heteroatoms. The van der Waals surface area contributed by atoms with Gasteiger partial charge in [0, 0.05) is 0 Å². The summed E-state index contributed by atoms with van der Waals surface area (Å²) in [5, 5.41) is 11.8. The number of hydrogen-bond acceptors (Lipinski definition) is 4. The van der Waals surface area contributed by atoms with E-state index >= 15 is 0 Å². The summed E-state index contributed by atoms with van der Waals surface area (Å²) in [4.78, 5) is 15.1. The number of nitrogens with one attached hydrogen (secondary N) is 1. The van der Waals surface area contributed by atoms with Gasteiger partial charge in [0.25, 0.3) is 5.91 Å². The maximum atomic E-state index is 11.2. The lowest BCUT2D eigenvalue weighted by Gasteiger charge is -2.15. The van der Waals surface area contributed by atoms with Crippen molar-refractivity contribution < 1.29 is 14.3 Å². The zero-order chi connectivity index (χ0) is 10.8. The maximum Gasteiger partial charge on any atom is 0.251 e. The van der Waals surface area contributed by atoms with Crippen LogP contribution in [0.5, 0.6) is 0 Å². The molecule has 0 unspecified atom stereocenters. The molecule has 1 heterocycles. The number of aromatic nitrogens is 1. The van der Waals surface area contributed by atoms with Crippen molar-refractivity contribution in [1.82, 2.24) is 10.3 Å². The number of aryl methyl sites for hydroxylation is 1. The van der Waals surface area contributed by atoms with Gasteiger partial charge in [-0.05, 0) is 20.8 Å². The molecule has 1 amide bonds. The van der Waals surface area contributed by atoms with Crippen LogP contribution in [0.4, 0.5) is 0 Å². The number of amides is 1. The van der Waals surface area contributed by atoms with E-state index in [-0.39, 0.29) is 6.54 Å². The van der Waals surface area contributed by atoms with E-state index in [9.17, 15) is 9.90 Å². The van der Waals surface area contributed by atoms with Crippen molar-refractivity contribution in [3.8, 4) is 0 Å². The first-order chi connectivity index (χ1) is 6.39. The molecule has 0 aromatic carbocycles. The van der Waals surface area contributed by atoms with Gasteiger partial charge in [-0.25, -0.2) is 4.98 Å². The summed E-state index contributed by atoms with van der Waals surface area (Å²) in [7, 11) is 0. The fraction of sp³-hybridized carbons (Fsp3) is 0.556. The number of rotatable bonds is 3. The summed E-state index contributed by atoms with van der Waals surface area (Å²) < 4.78 is 5.14. The first-order valence-electron chi connectivity index (χ1n) is 4.31. The van der Waals surface area contributed by atoms with Gasteiger partial charge in [-0.3, -0.25) is 4.79 Å². The molecule has 0 radical (unpaired) electrons. The molecule has 2 N–H and O–H groups in total. The molecule has 0 aliphatic carbocycles. The standard InChI is InChI=1S/C9H14N2O3/c1-6-4-10-7(14-6)5-11-8(12)9(2,3)13/h4,13H,5H2,1-3H3,(H,11,12). The van der Waals surface area contributed by atoms with E-state index in [1.807, 2.05) is 0 Å². The Kier molecular flexibility index (Phi) is 2.90. The lowest BCUT2D eigenvalue weighted by atomic mass is 10.1. The predicted molar refractivity (Wildman–Crippen MR) is 49.4 cm³/mol. The van der Waals surface area contributed by atoms with Crippen LogP contribution in [-0.2, 0) is 11.3 Å². The van der Waals surface area contributed by atoms with Crippen LogP contribution < -0.4 is 5.32 Å². The fourth-order valence-electron chi connectivity index (χ4n) is 0.855. The fourth-order valence-corrected chi connectivity index (χ4v) is 0.855. The predicted octanol–water partition coefficient (Wildman–Crippen LogP) is 0.370. The normalized spacial score (nSPS) is 11.4. The highest BCUT2D eigenvalue weighted by molar-refractivity contribution is 5.83. The molecule has 0 aliphatic rings. The second-order valence-electron chi connectivity index (χ2n) is 3.61. The molecule has 14 heavy (non-hydrogen) atoms. The third-order valence-electron chi connectivity index (χ3n) is 1.62. The molecule has 0 aliphatic heterocycles. The Hall–Kier alpha value is -1.36. The molecule has 5 nitrogen and oxygen atoms in total. The molecule has 0 saturated heterocycles. The zero-order valence-electron chi connectivity index (χ0n) is 8.50. The Morgan fingerprint density at radius 3 is 2.79 bits per heavy atom. The Bertz CT molecular complexity index is 325. The molecule has 0 spiro atoms. The van der Waals surface area contributed by atoms with Crippen molar-refractivity contribution in [2.24, 2.45) is 0 Å². The van der Waals surface area contributed by atoms with Crippen molar-refractivity contribution in [3.05, 3.63) is 17.8 Å². The third kappa shape index (κ3) is 2.85. The van der Waals surface area contributed by atoms with E-state index in [1.165, 1.54) is 13.8 Å². The third-order valence-corrected chi connectivity index (χ3v) is 1.62. The van der Waals surface area contributed by atoms with Crippen molar-refractivity contribution in [1.29, 1.82) is 0 Å². The van der Waals surface area contributed by atoms with Crippen LogP contribution in [0.3, 0.4) is 0 Å². The summed E-state index contributed by atoms with van der Waals surface area (Å²) in [5.41, 5.74) is -1.37. The van der Waals surface area contributed by atoms with Gasteiger partial charge < -0.3 is 14.8 Å². The van der Waals surface area contributed by atoms with E-state index in [2.05, 4.69) is 10.3 Å². The van der Waals surface area contributed by atoms with Gasteiger partial charge in [-0.1, -0.05) is 0 Å². The van der Waals surface area contributed by atoms with Crippen molar-refractivity contribution >= 4 is 5.91 Å². The van der Waals surface area contributed by atoms with Crippen LogP contribution in [0, 0.1) is 6.92 Å². The Morgan fingerprint density at radius 2 is 2.36 bits per heavy atom. The average molecular weight is 198 g/mol. The number of nitrogens with zero attached hydrogens (tertiary/aromatic N) is 1. The average Bonchev–Trinajstić information content (AvgIpc) is 2.45. The van der Waals surface area contributed by atoms with E-state index in [1.54, 1.807) is 13.1 Å². The van der Waals surface area contributed by atoms with Crippen molar-refractivity contribution in [2.45, 2.75) is 32.9 Å². The SMILES string of the molecule is Cc1cnc(CNC(=O)C(C)(C)O)o1. The van der Waals surface area contributed by atoms with Gasteiger partial charge in [0.2, 0.25) is 5.89 Å². The molecular formula is C9H14N2O3. The quantitative estimate of drug-likeness (QED) is 0.735. The number of hydrogen-bond donors (Lipinski definition) is 2. The van der Waals surface area contributed by atoms with Crippen LogP contribution in [0.25, 0.3) is 0 Å². The first-order valence-corrected chi connectivity index (χ1v) is 4.31. The van der Waals surface area contributed by atoms with E-state index in [4.69, 9.17) is 4.42 Å². The number of carbonyl (C=O) groups excluding carboxylic acids is 1. The van der Waals surface area contributed by atoms with Gasteiger partial charge in [0.05, 0.1) is 12.7 Å². The highest BCUT2D eigenvalue weighted by atomic mass is 16.4. The number of aliphatic hydroxyl groups is 1. The first kappa shape index (κ1) is 10.7. The highest BCUT2D eigenvalue weighted by Crippen LogP contribution is 2.03. The van der Waals surface area contributed by atoms with Gasteiger partial charge in [0.1, 0.15) is 11.4 Å². The van der Waals surface area contributed by atoms with E-state index in [0.717, 1.165) is 0 Å². The summed E-state index contributed by atoms with van der Waals surface area (Å²) in [5.74, 6) is 0.672. The largest absolute Gasteiger partial charge is 0.444 e. The topological polar surface area (TPSA) is 75.4 Å². The van der Waals surface area contributed by atoms with Gasteiger partial charge in [0.15, 0.2) is 0 Å². The molecule has 0 saturated carbocycles. The van der Waals surface area contributed by atoms with Crippen LogP contribution in [0.1, 0.15) is 25.5 Å². The van der Waals surface area contributed by atoms with Gasteiger partial charge in [-0.2, -0.15) is 0 Å². The van der Waals surface area contributed by atoms with Gasteiger partial charge >= 0.3 is 0 Å². The minimum Gasteiger partial charge on any atom is -0.444 e. The monoisotopic (exact) mass is 198 g/mol. The molecule has 0 atom stereocenters. The summed E-state index contributed by atoms with van der Waals surface area (Å²) in [6.45, 7) is 4.80. The molecule has 1 aromatic rings. The molecule has 1 rings (SSSR count). The van der Waals surface area contributed by atoms with Crippen LogP contribution in [0.15, 0.2) is 10.6 Å². The van der Waals surface area contributed by atoms with Crippen molar-refractivity contribution in [2.75, 3.05) is 0 Å². The van der Waals surface area contributed by atoms with Crippen LogP contribution in [0.2, 0.25) is 0 Å². The second-order valence-corrected chi connectivity index (χ2v) is 3.61. The maximum absolute atomic E-state index is 11.2. The Labute approximate surface area is 82.1 Å². The number of carbonyl (C=O) groups is 1. The lowest BCUT2D eigenvalue weighted by Crippen LogP contribution is -2.41. The summed E-state index contributed by atoms with van der Waals surface area (Å²) in [6, 6.07) is 0. The Morgan fingerprint density at radius 1 is 1.71 bits per heavy atom.